The van der Waals surface area contributed by atoms with Crippen molar-refractivity contribution in [2.75, 3.05) is 0 Å². The van der Waals surface area contributed by atoms with Crippen molar-refractivity contribution in [1.29, 1.82) is 0 Å². The van der Waals surface area contributed by atoms with Gasteiger partial charge < -0.3 is 4.74 Å². The second kappa shape index (κ2) is 4.83. The van der Waals surface area contributed by atoms with E-state index >= 15 is 0 Å². The fourth-order valence-electron chi connectivity index (χ4n) is 1.87. The molecule has 0 radical (unpaired) electrons. The third kappa shape index (κ3) is 3.34. The van der Waals surface area contributed by atoms with Crippen molar-refractivity contribution in [3.05, 3.63) is 20.8 Å². The van der Waals surface area contributed by atoms with Crippen LogP contribution in [-0.2, 0) is 9.53 Å². The molecular weight excluding hydrogens is 300 g/mol. The molecule has 1 fully saturated rings. The SMILES string of the molecule is CC1(C)CC(CC#Cc2ccc(Br)s2)C(=O)O1. The van der Waals surface area contributed by atoms with E-state index in [-0.39, 0.29) is 17.5 Å². The molecule has 2 nitrogen and oxygen atoms in total. The third-order valence-electron chi connectivity index (χ3n) is 2.58. The fourth-order valence-corrected chi connectivity index (χ4v) is 3.13. The summed E-state index contributed by atoms with van der Waals surface area (Å²) in [6, 6.07) is 3.94. The highest BCUT2D eigenvalue weighted by molar-refractivity contribution is 9.11. The van der Waals surface area contributed by atoms with Gasteiger partial charge in [-0.3, -0.25) is 4.79 Å². The molecule has 0 saturated carbocycles. The van der Waals surface area contributed by atoms with Gasteiger partial charge in [0.05, 0.1) is 14.6 Å². The molecule has 1 aliphatic heterocycles. The van der Waals surface area contributed by atoms with E-state index in [9.17, 15) is 4.79 Å². The van der Waals surface area contributed by atoms with E-state index < -0.39 is 0 Å². The first-order valence-electron chi connectivity index (χ1n) is 5.43. The molecule has 1 aromatic rings. The monoisotopic (exact) mass is 312 g/mol. The highest BCUT2D eigenvalue weighted by atomic mass is 79.9. The predicted molar refractivity (Wildman–Crippen MR) is 71.8 cm³/mol. The molecule has 1 aromatic heterocycles. The van der Waals surface area contributed by atoms with Crippen LogP contribution in [0.15, 0.2) is 15.9 Å². The largest absolute Gasteiger partial charge is 0.459 e. The van der Waals surface area contributed by atoms with Gasteiger partial charge in [-0.2, -0.15) is 0 Å². The summed E-state index contributed by atoms with van der Waals surface area (Å²) in [6.07, 6.45) is 1.34. The summed E-state index contributed by atoms with van der Waals surface area (Å²) in [5, 5.41) is 0. The van der Waals surface area contributed by atoms with Crippen LogP contribution in [-0.4, -0.2) is 11.6 Å². The number of cyclic esters (lactones) is 1. The lowest BCUT2D eigenvalue weighted by molar-refractivity contribution is -0.148. The standard InChI is InChI=1S/C13H13BrO2S/c1-13(2)8-9(12(15)16-13)4-3-5-10-6-7-11(14)17-10/h6-7,9H,4,8H2,1-2H3. The van der Waals surface area contributed by atoms with E-state index in [0.29, 0.717) is 6.42 Å². The Kier molecular flexibility index (Phi) is 3.60. The van der Waals surface area contributed by atoms with Gasteiger partial charge in [0, 0.05) is 12.8 Å². The Morgan fingerprint density at radius 2 is 2.35 bits per heavy atom. The molecule has 1 atom stereocenters. The van der Waals surface area contributed by atoms with E-state index in [2.05, 4.69) is 27.8 Å². The summed E-state index contributed by atoms with van der Waals surface area (Å²) >= 11 is 4.99. The molecular formula is C13H13BrO2S. The van der Waals surface area contributed by atoms with Crippen molar-refractivity contribution in [2.24, 2.45) is 5.92 Å². The molecule has 0 spiro atoms. The zero-order valence-corrected chi connectivity index (χ0v) is 12.2. The number of esters is 1. The van der Waals surface area contributed by atoms with Gasteiger partial charge in [-0.05, 0) is 41.9 Å². The number of halogens is 1. The molecule has 2 rings (SSSR count). The minimum absolute atomic E-state index is 0.0686. The molecule has 0 N–H and O–H groups in total. The van der Waals surface area contributed by atoms with Crippen LogP contribution < -0.4 is 0 Å². The van der Waals surface area contributed by atoms with Crippen LogP contribution in [0.4, 0.5) is 0 Å². The van der Waals surface area contributed by atoms with E-state index in [1.54, 1.807) is 11.3 Å². The summed E-state index contributed by atoms with van der Waals surface area (Å²) in [5.41, 5.74) is -0.324. The van der Waals surface area contributed by atoms with Crippen molar-refractivity contribution in [1.82, 2.24) is 0 Å². The fraction of sp³-hybridized carbons (Fsp3) is 0.462. The first-order chi connectivity index (χ1) is 7.96. The second-order valence-electron chi connectivity index (χ2n) is 4.69. The van der Waals surface area contributed by atoms with E-state index in [0.717, 1.165) is 15.1 Å². The van der Waals surface area contributed by atoms with Gasteiger partial charge in [-0.1, -0.05) is 11.8 Å². The van der Waals surface area contributed by atoms with Gasteiger partial charge in [-0.25, -0.2) is 0 Å². The smallest absolute Gasteiger partial charge is 0.310 e. The van der Waals surface area contributed by atoms with Crippen LogP contribution in [0.3, 0.4) is 0 Å². The van der Waals surface area contributed by atoms with Crippen molar-refractivity contribution >= 4 is 33.2 Å². The zero-order valence-electron chi connectivity index (χ0n) is 9.75. The minimum Gasteiger partial charge on any atom is -0.459 e. The Labute approximate surface area is 113 Å². The van der Waals surface area contributed by atoms with Crippen molar-refractivity contribution in [2.45, 2.75) is 32.3 Å². The molecule has 2 heterocycles. The Morgan fingerprint density at radius 3 is 2.88 bits per heavy atom. The lowest BCUT2D eigenvalue weighted by atomic mass is 9.95. The van der Waals surface area contributed by atoms with Crippen molar-refractivity contribution in [3.8, 4) is 11.8 Å². The molecule has 90 valence electrons. The van der Waals surface area contributed by atoms with Gasteiger partial charge >= 0.3 is 5.97 Å². The zero-order chi connectivity index (χ0) is 12.5. The summed E-state index contributed by atoms with van der Waals surface area (Å²) < 4.78 is 6.33. The van der Waals surface area contributed by atoms with Gasteiger partial charge in [0.15, 0.2) is 0 Å². The van der Waals surface area contributed by atoms with Crippen LogP contribution in [0, 0.1) is 17.8 Å². The quantitative estimate of drug-likeness (QED) is 0.585. The Morgan fingerprint density at radius 1 is 1.59 bits per heavy atom. The molecule has 0 aromatic carbocycles. The second-order valence-corrected chi connectivity index (χ2v) is 7.15. The summed E-state index contributed by atoms with van der Waals surface area (Å²) in [4.78, 5) is 12.6. The van der Waals surface area contributed by atoms with Crippen LogP contribution >= 0.6 is 27.3 Å². The van der Waals surface area contributed by atoms with Gasteiger partial charge in [0.25, 0.3) is 0 Å². The minimum atomic E-state index is -0.324. The van der Waals surface area contributed by atoms with Crippen LogP contribution in [0.25, 0.3) is 0 Å². The molecule has 1 saturated heterocycles. The van der Waals surface area contributed by atoms with Crippen LogP contribution in [0.2, 0.25) is 0 Å². The van der Waals surface area contributed by atoms with Gasteiger partial charge in [0.2, 0.25) is 0 Å². The number of carbonyl (C=O) groups is 1. The number of hydrogen-bond acceptors (Lipinski definition) is 3. The van der Waals surface area contributed by atoms with Crippen molar-refractivity contribution in [3.63, 3.8) is 0 Å². The topological polar surface area (TPSA) is 26.3 Å². The Bertz CT molecular complexity index is 493. The number of carbonyl (C=O) groups excluding carboxylic acids is 1. The lowest BCUT2D eigenvalue weighted by Crippen LogP contribution is -2.17. The van der Waals surface area contributed by atoms with Crippen LogP contribution in [0.1, 0.15) is 31.6 Å². The van der Waals surface area contributed by atoms with E-state index in [4.69, 9.17) is 4.74 Å². The lowest BCUT2D eigenvalue weighted by Gasteiger charge is -2.14. The molecule has 17 heavy (non-hydrogen) atoms. The van der Waals surface area contributed by atoms with Gasteiger partial charge in [-0.15, -0.1) is 11.3 Å². The maximum atomic E-state index is 11.5. The highest BCUT2D eigenvalue weighted by Crippen LogP contribution is 2.32. The highest BCUT2D eigenvalue weighted by Gasteiger charge is 2.39. The summed E-state index contributed by atoms with van der Waals surface area (Å²) in [6.45, 7) is 3.88. The maximum Gasteiger partial charge on any atom is 0.310 e. The average molecular weight is 313 g/mol. The Hall–Kier alpha value is -0.790. The molecule has 4 heteroatoms. The summed E-state index contributed by atoms with van der Waals surface area (Å²) in [5.74, 6) is 5.95. The average Bonchev–Trinajstić information content (AvgIpc) is 2.71. The Balaban J connectivity index is 1.95. The predicted octanol–water partition coefficient (Wildman–Crippen LogP) is 3.59. The number of hydrogen-bond donors (Lipinski definition) is 0. The molecule has 0 amide bonds. The van der Waals surface area contributed by atoms with Crippen molar-refractivity contribution < 1.29 is 9.53 Å². The molecule has 1 unspecified atom stereocenters. The van der Waals surface area contributed by atoms with E-state index in [1.165, 1.54) is 0 Å². The molecule has 0 bridgehead atoms. The number of rotatable bonds is 1. The van der Waals surface area contributed by atoms with E-state index in [1.807, 2.05) is 26.0 Å². The normalized spacial score (nSPS) is 21.8. The molecule has 0 aliphatic carbocycles. The number of ether oxygens (including phenoxy) is 1. The molecule has 1 aliphatic rings. The first-order valence-corrected chi connectivity index (χ1v) is 7.04. The van der Waals surface area contributed by atoms with Gasteiger partial charge in [0.1, 0.15) is 5.60 Å². The first kappa shape index (κ1) is 12.7. The number of thiophene rings is 1. The third-order valence-corrected chi connectivity index (χ3v) is 4.12. The van der Waals surface area contributed by atoms with Crippen LogP contribution in [0.5, 0.6) is 0 Å². The summed E-state index contributed by atoms with van der Waals surface area (Å²) in [7, 11) is 0. The maximum absolute atomic E-state index is 11.5.